The minimum atomic E-state index is -3.55. The average molecular weight is 502 g/mol. The predicted octanol–water partition coefficient (Wildman–Crippen LogP) is 5.53. The maximum absolute atomic E-state index is 13.1. The van der Waals surface area contributed by atoms with E-state index in [0.717, 1.165) is 30.5 Å². The first-order valence-electron chi connectivity index (χ1n) is 11.6. The van der Waals surface area contributed by atoms with Crippen LogP contribution in [0.4, 0.5) is 0 Å². The van der Waals surface area contributed by atoms with Gasteiger partial charge in [-0.2, -0.15) is 5.10 Å². The lowest BCUT2D eigenvalue weighted by atomic mass is 10.1. The Kier molecular flexibility index (Phi) is 8.55. The van der Waals surface area contributed by atoms with Gasteiger partial charge in [-0.15, -0.1) is 0 Å². The standard InChI is InChI=1S/C26H32ClN3O3S/c1-5-9-20-16-25(18-12-13-18)30(29-20)21-11-8-10-19(14-15-21)28-26(31)23(24(27)7-3)17-22(6-2)34(4,32)33/h6,8,11,14-18H,2,5,7,9-10,12-13H2,1,3-4H3,(H,28,31)/b22-17+,24-23-. The van der Waals surface area contributed by atoms with Crippen LogP contribution < -0.4 is 5.32 Å². The van der Waals surface area contributed by atoms with Crippen molar-refractivity contribution in [3.05, 3.63) is 81.7 Å². The fraction of sp³-hybridized carbons (Fsp3) is 0.385. The Morgan fingerprint density at radius 3 is 2.65 bits per heavy atom. The quantitative estimate of drug-likeness (QED) is 0.337. The maximum atomic E-state index is 13.1. The van der Waals surface area contributed by atoms with Crippen LogP contribution in [0.1, 0.15) is 63.3 Å². The number of amides is 1. The van der Waals surface area contributed by atoms with Crippen molar-refractivity contribution in [3.63, 3.8) is 0 Å². The van der Waals surface area contributed by atoms with Crippen LogP contribution in [-0.2, 0) is 21.1 Å². The van der Waals surface area contributed by atoms with Crippen LogP contribution in [0.15, 0.2) is 70.3 Å². The van der Waals surface area contributed by atoms with E-state index in [4.69, 9.17) is 16.7 Å². The van der Waals surface area contributed by atoms with Crippen molar-refractivity contribution >= 4 is 33.0 Å². The van der Waals surface area contributed by atoms with Crippen LogP contribution in [0.2, 0.25) is 0 Å². The third-order valence-electron chi connectivity index (χ3n) is 5.65. The number of allylic oxidation sites excluding steroid dienone is 7. The van der Waals surface area contributed by atoms with Gasteiger partial charge >= 0.3 is 0 Å². The number of hydrogen-bond donors (Lipinski definition) is 1. The number of aryl methyl sites for hydroxylation is 1. The monoisotopic (exact) mass is 501 g/mol. The summed E-state index contributed by atoms with van der Waals surface area (Å²) in [6.45, 7) is 7.49. The highest BCUT2D eigenvalue weighted by Gasteiger charge is 2.28. The van der Waals surface area contributed by atoms with Crippen LogP contribution in [-0.4, -0.2) is 30.4 Å². The highest BCUT2D eigenvalue weighted by molar-refractivity contribution is 7.94. The molecular formula is C26H32ClN3O3S. The predicted molar refractivity (Wildman–Crippen MR) is 139 cm³/mol. The zero-order valence-electron chi connectivity index (χ0n) is 20.0. The van der Waals surface area contributed by atoms with Gasteiger partial charge in [-0.1, -0.05) is 50.6 Å². The molecule has 0 aliphatic heterocycles. The third-order valence-corrected chi connectivity index (χ3v) is 7.26. The summed E-state index contributed by atoms with van der Waals surface area (Å²) < 4.78 is 26.0. The summed E-state index contributed by atoms with van der Waals surface area (Å²) in [6, 6.07) is 2.21. The number of carbonyl (C=O) groups is 1. The Labute approximate surface area is 207 Å². The van der Waals surface area contributed by atoms with Crippen LogP contribution >= 0.6 is 11.6 Å². The molecule has 0 radical (unpaired) electrons. The molecule has 0 aromatic carbocycles. The molecule has 0 bridgehead atoms. The summed E-state index contributed by atoms with van der Waals surface area (Å²) in [7, 11) is -3.55. The van der Waals surface area contributed by atoms with E-state index in [9.17, 15) is 13.2 Å². The molecule has 0 atom stereocenters. The SMILES string of the molecule is C=C/C(=C\C(C(=O)NC1=CC=C(n2nc(CCC)cc2C2CC2)C=CC1)=C(\Cl)CC)S(C)(=O)=O. The van der Waals surface area contributed by atoms with Gasteiger partial charge in [0.1, 0.15) is 0 Å². The third kappa shape index (κ3) is 6.48. The van der Waals surface area contributed by atoms with Gasteiger partial charge in [0.05, 0.1) is 21.9 Å². The Hall–Kier alpha value is -2.64. The highest BCUT2D eigenvalue weighted by Crippen LogP contribution is 2.41. The van der Waals surface area contributed by atoms with E-state index >= 15 is 0 Å². The first-order valence-corrected chi connectivity index (χ1v) is 13.9. The number of aromatic nitrogens is 2. The second-order valence-corrected chi connectivity index (χ2v) is 11.0. The Morgan fingerprint density at radius 1 is 1.32 bits per heavy atom. The number of nitrogens with one attached hydrogen (secondary N) is 1. The van der Waals surface area contributed by atoms with Gasteiger partial charge in [0.25, 0.3) is 5.91 Å². The molecule has 0 saturated heterocycles. The minimum absolute atomic E-state index is 0.0599. The minimum Gasteiger partial charge on any atom is -0.325 e. The van der Waals surface area contributed by atoms with Crippen molar-refractivity contribution in [1.29, 1.82) is 0 Å². The lowest BCUT2D eigenvalue weighted by molar-refractivity contribution is -0.116. The molecule has 3 rings (SSSR count). The van der Waals surface area contributed by atoms with Crippen LogP contribution in [0, 0.1) is 0 Å². The summed E-state index contributed by atoms with van der Waals surface area (Å²) in [6.07, 6.45) is 16.6. The van der Waals surface area contributed by atoms with Crippen molar-refractivity contribution in [2.24, 2.45) is 0 Å². The van der Waals surface area contributed by atoms with Crippen LogP contribution in [0.25, 0.3) is 5.70 Å². The number of hydrogen-bond acceptors (Lipinski definition) is 4. The molecule has 8 heteroatoms. The maximum Gasteiger partial charge on any atom is 0.256 e. The van der Waals surface area contributed by atoms with Gasteiger partial charge < -0.3 is 5.32 Å². The smallest absolute Gasteiger partial charge is 0.256 e. The first-order chi connectivity index (χ1) is 16.2. The van der Waals surface area contributed by atoms with Gasteiger partial charge in [-0.3, -0.25) is 4.79 Å². The molecule has 6 nitrogen and oxygen atoms in total. The Balaban J connectivity index is 1.88. The number of carbonyl (C=O) groups excluding carboxylic acids is 1. The van der Waals surface area contributed by atoms with Crippen molar-refractivity contribution in [2.45, 2.75) is 58.3 Å². The van der Waals surface area contributed by atoms with Crippen molar-refractivity contribution in [3.8, 4) is 0 Å². The normalized spacial score (nSPS) is 17.5. The number of rotatable bonds is 10. The summed E-state index contributed by atoms with van der Waals surface area (Å²) in [5.41, 5.74) is 4.07. The lowest BCUT2D eigenvalue weighted by Crippen LogP contribution is -2.24. The topological polar surface area (TPSA) is 81.1 Å². The Bertz CT molecular complexity index is 1230. The molecule has 0 unspecified atom stereocenters. The first kappa shape index (κ1) is 26.0. The lowest BCUT2D eigenvalue weighted by Gasteiger charge is -2.10. The molecule has 1 N–H and O–H groups in total. The van der Waals surface area contributed by atoms with E-state index in [1.807, 2.05) is 29.0 Å². The second kappa shape index (κ2) is 11.2. The van der Waals surface area contributed by atoms with Gasteiger partial charge in [-0.25, -0.2) is 13.1 Å². The number of nitrogens with zero attached hydrogens (tertiary/aromatic N) is 2. The molecule has 2 aliphatic rings. The molecule has 1 saturated carbocycles. The second-order valence-electron chi connectivity index (χ2n) is 8.54. The van der Waals surface area contributed by atoms with Crippen LogP contribution in [0.5, 0.6) is 0 Å². The Morgan fingerprint density at radius 2 is 2.06 bits per heavy atom. The molecule has 1 aromatic rings. The van der Waals surface area contributed by atoms with Gasteiger partial charge in [0.2, 0.25) is 0 Å². The molecule has 1 heterocycles. The van der Waals surface area contributed by atoms with E-state index in [1.165, 1.54) is 30.7 Å². The van der Waals surface area contributed by atoms with Gasteiger partial charge in [-0.05, 0) is 56.1 Å². The summed E-state index contributed by atoms with van der Waals surface area (Å²) in [5.74, 6) is 0.0951. The molecule has 182 valence electrons. The summed E-state index contributed by atoms with van der Waals surface area (Å²) >= 11 is 6.30. The van der Waals surface area contributed by atoms with Crippen molar-refractivity contribution < 1.29 is 13.2 Å². The number of halogens is 1. The average Bonchev–Trinajstić information content (AvgIpc) is 3.58. The zero-order chi connectivity index (χ0) is 24.9. The largest absolute Gasteiger partial charge is 0.325 e. The molecular weight excluding hydrogens is 470 g/mol. The van der Waals surface area contributed by atoms with E-state index in [0.29, 0.717) is 24.5 Å². The van der Waals surface area contributed by atoms with E-state index < -0.39 is 15.7 Å². The zero-order valence-corrected chi connectivity index (χ0v) is 21.5. The molecule has 1 fully saturated rings. The van der Waals surface area contributed by atoms with E-state index in [-0.39, 0.29) is 15.5 Å². The molecule has 2 aliphatic carbocycles. The van der Waals surface area contributed by atoms with Crippen LogP contribution in [0.3, 0.4) is 0 Å². The molecule has 0 spiro atoms. The number of sulfone groups is 1. The summed E-state index contributed by atoms with van der Waals surface area (Å²) in [4.78, 5) is 13.0. The fourth-order valence-corrected chi connectivity index (χ4v) is 4.46. The molecule has 1 amide bonds. The van der Waals surface area contributed by atoms with E-state index in [1.54, 1.807) is 6.92 Å². The van der Waals surface area contributed by atoms with E-state index in [2.05, 4.69) is 24.9 Å². The van der Waals surface area contributed by atoms with Crippen molar-refractivity contribution in [2.75, 3.05) is 6.26 Å². The fourth-order valence-electron chi connectivity index (χ4n) is 3.68. The van der Waals surface area contributed by atoms with Crippen molar-refractivity contribution in [1.82, 2.24) is 15.1 Å². The summed E-state index contributed by atoms with van der Waals surface area (Å²) in [5, 5.41) is 7.98. The van der Waals surface area contributed by atoms with Gasteiger partial charge in [0.15, 0.2) is 9.84 Å². The molecule has 1 aromatic heterocycles. The highest BCUT2D eigenvalue weighted by atomic mass is 35.5. The van der Waals surface area contributed by atoms with Gasteiger partial charge in [0, 0.05) is 35.0 Å². The molecule has 34 heavy (non-hydrogen) atoms.